The average molecular weight is 277 g/mol. The lowest BCUT2D eigenvalue weighted by Gasteiger charge is -2.38. The molecule has 1 aromatic carbocycles. The fraction of sp³-hybridized carbons (Fsp3) is 0.533. The number of ether oxygens (including phenoxy) is 1. The average Bonchev–Trinajstić information content (AvgIpc) is 2.38. The standard InChI is InChI=1S/C15H23N3O2/c1-15(2)11-18(9-10-20-15)8-7-14(19)17-13-6-4-3-5-12(13)16/h3-6H,7-11,16H2,1-2H3,(H,17,19). The molecule has 1 fully saturated rings. The molecule has 1 saturated heterocycles. The number of morpholine rings is 1. The zero-order valence-corrected chi connectivity index (χ0v) is 12.2. The highest BCUT2D eigenvalue weighted by molar-refractivity contribution is 5.93. The fourth-order valence-electron chi connectivity index (χ4n) is 2.39. The Morgan fingerprint density at radius 2 is 2.20 bits per heavy atom. The van der Waals surface area contributed by atoms with E-state index in [1.165, 1.54) is 0 Å². The van der Waals surface area contributed by atoms with E-state index in [4.69, 9.17) is 10.5 Å². The molecule has 0 unspecified atom stereocenters. The summed E-state index contributed by atoms with van der Waals surface area (Å²) in [7, 11) is 0. The molecule has 0 aromatic heterocycles. The zero-order valence-electron chi connectivity index (χ0n) is 12.2. The minimum absolute atomic E-state index is 0.00722. The predicted molar refractivity (Wildman–Crippen MR) is 80.6 cm³/mol. The van der Waals surface area contributed by atoms with Crippen LogP contribution in [0.2, 0.25) is 0 Å². The lowest BCUT2D eigenvalue weighted by atomic mass is 10.1. The Morgan fingerprint density at radius 3 is 2.90 bits per heavy atom. The summed E-state index contributed by atoms with van der Waals surface area (Å²) >= 11 is 0. The third-order valence-corrected chi connectivity index (χ3v) is 3.39. The van der Waals surface area contributed by atoms with Crippen LogP contribution in [0.15, 0.2) is 24.3 Å². The van der Waals surface area contributed by atoms with E-state index in [0.29, 0.717) is 17.8 Å². The molecular formula is C15H23N3O2. The Balaban J connectivity index is 1.79. The molecule has 1 heterocycles. The molecule has 0 bridgehead atoms. The molecule has 0 saturated carbocycles. The van der Waals surface area contributed by atoms with Gasteiger partial charge in [0.1, 0.15) is 0 Å². The minimum atomic E-state index is -0.126. The molecule has 0 spiro atoms. The van der Waals surface area contributed by atoms with Gasteiger partial charge in [0.25, 0.3) is 0 Å². The van der Waals surface area contributed by atoms with E-state index in [-0.39, 0.29) is 11.5 Å². The topological polar surface area (TPSA) is 67.6 Å². The molecule has 5 nitrogen and oxygen atoms in total. The highest BCUT2D eigenvalue weighted by Crippen LogP contribution is 2.18. The van der Waals surface area contributed by atoms with E-state index in [2.05, 4.69) is 24.1 Å². The quantitative estimate of drug-likeness (QED) is 0.822. The second-order valence-corrected chi connectivity index (χ2v) is 5.77. The summed E-state index contributed by atoms with van der Waals surface area (Å²) in [6, 6.07) is 7.29. The summed E-state index contributed by atoms with van der Waals surface area (Å²) in [4.78, 5) is 14.2. The van der Waals surface area contributed by atoms with Gasteiger partial charge in [0.05, 0.1) is 23.6 Å². The number of nitrogens with zero attached hydrogens (tertiary/aromatic N) is 1. The molecule has 3 N–H and O–H groups in total. The number of benzene rings is 1. The Hall–Kier alpha value is -1.59. The third kappa shape index (κ3) is 4.21. The first-order chi connectivity index (χ1) is 9.46. The summed E-state index contributed by atoms with van der Waals surface area (Å²) in [6.07, 6.45) is 0.463. The van der Waals surface area contributed by atoms with Gasteiger partial charge in [-0.15, -0.1) is 0 Å². The van der Waals surface area contributed by atoms with Gasteiger partial charge in [-0.25, -0.2) is 0 Å². The van der Waals surface area contributed by atoms with Gasteiger partial charge >= 0.3 is 0 Å². The lowest BCUT2D eigenvalue weighted by molar-refractivity contribution is -0.118. The van der Waals surface area contributed by atoms with Crippen LogP contribution in [-0.4, -0.2) is 42.6 Å². The van der Waals surface area contributed by atoms with E-state index >= 15 is 0 Å². The smallest absolute Gasteiger partial charge is 0.225 e. The summed E-state index contributed by atoms with van der Waals surface area (Å²) in [5.41, 5.74) is 6.95. The number of carbonyl (C=O) groups is 1. The first-order valence-electron chi connectivity index (χ1n) is 6.97. The molecule has 5 heteroatoms. The fourth-order valence-corrected chi connectivity index (χ4v) is 2.39. The molecule has 1 aromatic rings. The molecule has 110 valence electrons. The van der Waals surface area contributed by atoms with Crippen LogP contribution in [0.25, 0.3) is 0 Å². The molecule has 20 heavy (non-hydrogen) atoms. The number of anilines is 2. The van der Waals surface area contributed by atoms with Crippen molar-refractivity contribution >= 4 is 17.3 Å². The van der Waals surface area contributed by atoms with Crippen LogP contribution in [-0.2, 0) is 9.53 Å². The van der Waals surface area contributed by atoms with Crippen molar-refractivity contribution in [3.8, 4) is 0 Å². The molecule has 0 radical (unpaired) electrons. The molecular weight excluding hydrogens is 254 g/mol. The van der Waals surface area contributed by atoms with Gasteiger partial charge in [-0.1, -0.05) is 12.1 Å². The minimum Gasteiger partial charge on any atom is -0.397 e. The van der Waals surface area contributed by atoms with Gasteiger partial charge in [-0.2, -0.15) is 0 Å². The first-order valence-corrected chi connectivity index (χ1v) is 6.97. The highest BCUT2D eigenvalue weighted by Gasteiger charge is 2.27. The van der Waals surface area contributed by atoms with Crippen LogP contribution in [0.4, 0.5) is 11.4 Å². The summed E-state index contributed by atoms with van der Waals surface area (Å²) in [5.74, 6) is -0.00722. The van der Waals surface area contributed by atoms with Crippen LogP contribution in [0.5, 0.6) is 0 Å². The number of amides is 1. The van der Waals surface area contributed by atoms with Gasteiger partial charge in [-0.05, 0) is 26.0 Å². The van der Waals surface area contributed by atoms with Crippen LogP contribution in [0, 0.1) is 0 Å². The van der Waals surface area contributed by atoms with Crippen molar-refractivity contribution in [1.29, 1.82) is 0 Å². The number of carbonyl (C=O) groups excluding carboxylic acids is 1. The molecule has 1 aliphatic rings. The lowest BCUT2D eigenvalue weighted by Crippen LogP contribution is -2.48. The van der Waals surface area contributed by atoms with Crippen molar-refractivity contribution in [1.82, 2.24) is 4.90 Å². The molecule has 1 amide bonds. The second kappa shape index (κ2) is 6.24. The maximum Gasteiger partial charge on any atom is 0.225 e. The van der Waals surface area contributed by atoms with E-state index in [1.54, 1.807) is 6.07 Å². The van der Waals surface area contributed by atoms with Crippen molar-refractivity contribution in [2.45, 2.75) is 25.9 Å². The number of para-hydroxylation sites is 2. The monoisotopic (exact) mass is 277 g/mol. The maximum absolute atomic E-state index is 11.9. The number of hydrogen-bond acceptors (Lipinski definition) is 4. The summed E-state index contributed by atoms with van der Waals surface area (Å²) in [6.45, 7) is 7.34. The van der Waals surface area contributed by atoms with Crippen molar-refractivity contribution in [2.24, 2.45) is 0 Å². The maximum atomic E-state index is 11.9. The van der Waals surface area contributed by atoms with E-state index in [1.807, 2.05) is 18.2 Å². The molecule has 0 aliphatic carbocycles. The van der Waals surface area contributed by atoms with Crippen molar-refractivity contribution < 1.29 is 9.53 Å². The van der Waals surface area contributed by atoms with Crippen molar-refractivity contribution in [3.63, 3.8) is 0 Å². The Bertz CT molecular complexity index is 474. The second-order valence-electron chi connectivity index (χ2n) is 5.77. The van der Waals surface area contributed by atoms with E-state index < -0.39 is 0 Å². The molecule has 0 atom stereocenters. The van der Waals surface area contributed by atoms with Crippen molar-refractivity contribution in [2.75, 3.05) is 37.3 Å². The van der Waals surface area contributed by atoms with Gasteiger partial charge < -0.3 is 15.8 Å². The van der Waals surface area contributed by atoms with E-state index in [0.717, 1.165) is 26.2 Å². The predicted octanol–water partition coefficient (Wildman–Crippen LogP) is 1.71. The molecule has 1 aliphatic heterocycles. The highest BCUT2D eigenvalue weighted by atomic mass is 16.5. The Labute approximate surface area is 120 Å². The van der Waals surface area contributed by atoms with Crippen LogP contribution in [0.1, 0.15) is 20.3 Å². The van der Waals surface area contributed by atoms with Gasteiger partial charge in [0.15, 0.2) is 0 Å². The third-order valence-electron chi connectivity index (χ3n) is 3.39. The van der Waals surface area contributed by atoms with E-state index in [9.17, 15) is 4.79 Å². The number of nitrogens with two attached hydrogens (primary N) is 1. The number of rotatable bonds is 4. The van der Waals surface area contributed by atoms with Crippen LogP contribution >= 0.6 is 0 Å². The number of nitrogen functional groups attached to an aromatic ring is 1. The molecule has 2 rings (SSSR count). The van der Waals surface area contributed by atoms with Crippen molar-refractivity contribution in [3.05, 3.63) is 24.3 Å². The van der Waals surface area contributed by atoms with Crippen LogP contribution in [0.3, 0.4) is 0 Å². The Kier molecular flexibility index (Phi) is 4.62. The van der Waals surface area contributed by atoms with Gasteiger partial charge in [-0.3, -0.25) is 9.69 Å². The summed E-state index contributed by atoms with van der Waals surface area (Å²) < 4.78 is 5.65. The number of nitrogens with one attached hydrogen (secondary N) is 1. The van der Waals surface area contributed by atoms with Gasteiger partial charge in [0.2, 0.25) is 5.91 Å². The van der Waals surface area contributed by atoms with Crippen LogP contribution < -0.4 is 11.1 Å². The number of hydrogen-bond donors (Lipinski definition) is 2. The summed E-state index contributed by atoms with van der Waals surface area (Å²) in [5, 5.41) is 2.85. The zero-order chi connectivity index (χ0) is 14.6. The first kappa shape index (κ1) is 14.8. The largest absolute Gasteiger partial charge is 0.397 e. The van der Waals surface area contributed by atoms with Gasteiger partial charge in [0, 0.05) is 26.1 Å². The Morgan fingerprint density at radius 1 is 1.45 bits per heavy atom. The normalized spacial score (nSPS) is 18.7. The SMILES string of the molecule is CC1(C)CN(CCC(=O)Nc2ccccc2N)CCO1.